The topological polar surface area (TPSA) is 64.2 Å². The zero-order chi connectivity index (χ0) is 37.9. The molecule has 0 amide bonds. The minimum Gasteiger partial charge on any atom is -2.00 e. The van der Waals surface area contributed by atoms with Crippen molar-refractivity contribution < 1.29 is 69.5 Å². The molecule has 0 atom stereocenters. The van der Waals surface area contributed by atoms with Crippen molar-refractivity contribution in [2.24, 2.45) is 0 Å². The van der Waals surface area contributed by atoms with Crippen LogP contribution in [0.5, 0.6) is 0 Å². The van der Waals surface area contributed by atoms with Crippen LogP contribution in [-0.4, -0.2) is 89.2 Å². The van der Waals surface area contributed by atoms with E-state index in [1.807, 2.05) is 0 Å². The summed E-state index contributed by atoms with van der Waals surface area (Å²) in [6.07, 6.45) is 8.97. The third kappa shape index (κ3) is 69.2. The van der Waals surface area contributed by atoms with Crippen LogP contribution in [0.1, 0.15) is 107 Å². The first-order chi connectivity index (χ1) is 21.9. The number of thiocarbonyl (C=S) groups is 4. The van der Waals surface area contributed by atoms with Crippen molar-refractivity contribution in [2.75, 3.05) is 52.4 Å². The van der Waals surface area contributed by atoms with E-state index in [-0.39, 0.29) is 54.0 Å². The van der Waals surface area contributed by atoms with Crippen molar-refractivity contribution in [1.82, 2.24) is 19.6 Å². The van der Waals surface area contributed by atoms with Crippen LogP contribution in [0, 0.1) is 0 Å². The summed E-state index contributed by atoms with van der Waals surface area (Å²) in [6.45, 7) is 25.2. The van der Waals surface area contributed by atoms with Crippen molar-refractivity contribution in [1.29, 1.82) is 0 Å². The molecule has 0 aromatic carbocycles. The van der Waals surface area contributed by atoms with E-state index in [1.165, 1.54) is 0 Å². The maximum Gasteiger partial charge on any atom is -2.00 e. The van der Waals surface area contributed by atoms with Crippen molar-refractivity contribution in [3.8, 4) is 0 Å². The molecule has 0 saturated heterocycles. The molecular weight excluding hydrogens is 1110 g/mol. The zero-order valence-electron chi connectivity index (χ0n) is 30.5. The summed E-state index contributed by atoms with van der Waals surface area (Å²) in [5.41, 5.74) is 0. The van der Waals surface area contributed by atoms with Crippen LogP contribution in [0.25, 0.3) is 0 Å². The van der Waals surface area contributed by atoms with E-state index < -0.39 is 0 Å². The van der Waals surface area contributed by atoms with Gasteiger partial charge in [0.05, 0.1) is 0 Å². The van der Waals surface area contributed by atoms with Gasteiger partial charge in [-0.1, -0.05) is 72.7 Å². The van der Waals surface area contributed by atoms with Gasteiger partial charge in [-0.3, -0.25) is 0 Å². The zero-order valence-corrected chi connectivity index (χ0v) is 46.3. The van der Waals surface area contributed by atoms with Gasteiger partial charge >= 0.3 is 69.5 Å². The average Bonchev–Trinajstić information content (AvgIpc) is 3.04. The molecule has 50 heavy (non-hydrogen) atoms. The Bertz CT molecular complexity index is 574. The Balaban J connectivity index is -0.0000000417. The maximum absolute atomic E-state index is 8.26. The van der Waals surface area contributed by atoms with E-state index in [4.69, 9.17) is 110 Å². The van der Waals surface area contributed by atoms with Crippen molar-refractivity contribution in [3.05, 3.63) is 0 Å². The van der Waals surface area contributed by atoms with Crippen LogP contribution < -0.4 is 0 Å². The molecule has 0 aliphatic carbocycles. The second-order valence-corrected chi connectivity index (χ2v) is 13.1. The average molecular weight is 1170 g/mol. The van der Waals surface area contributed by atoms with Gasteiger partial charge in [0, 0.05) is 52.4 Å². The van der Waals surface area contributed by atoms with Gasteiger partial charge in [-0.05, 0) is 51.4 Å². The number of hydrogen-bond acceptors (Lipinski definition) is 11. The fourth-order valence-electron chi connectivity index (χ4n) is 3.34. The normalized spacial score (nSPS) is 7.88. The second kappa shape index (κ2) is 73.4. The molecular formula is C28H56Mo3N4O3S12. The summed E-state index contributed by atoms with van der Waals surface area (Å²) in [4.78, 5) is 8.30. The Morgan fingerprint density at radius 2 is 0.420 bits per heavy atom. The van der Waals surface area contributed by atoms with Gasteiger partial charge in [0.1, 0.15) is 0 Å². The van der Waals surface area contributed by atoms with Crippen LogP contribution in [0.3, 0.4) is 0 Å². The quantitative estimate of drug-likeness (QED) is 0.0878. The SMILES string of the molecule is CCCN(CCC)C(=S)[S-].CCCN(CCC)C(=S)[S-].CCCN(CCC)C(=S)[S-].CCCN(CCC)C(=S)[S-].[O]=[Mo+4].[O]=[Mo+4].[O]=[Mo+4].[S-2].[S-2].[S-2].[S-2]. The monoisotopic (exact) mass is 1170 g/mol. The molecule has 0 spiro atoms. The molecule has 7 nitrogen and oxygen atoms in total. The molecule has 0 bridgehead atoms. The van der Waals surface area contributed by atoms with Gasteiger partial charge < -0.3 is 173 Å². The second-order valence-electron chi connectivity index (χ2n) is 9.01. The summed E-state index contributed by atoms with van der Waals surface area (Å²) >= 11 is 41.2. The van der Waals surface area contributed by atoms with Gasteiger partial charge in [0.25, 0.3) is 0 Å². The Morgan fingerprint density at radius 3 is 0.460 bits per heavy atom. The fourth-order valence-corrected chi connectivity index (χ4v) is 4.80. The van der Waals surface area contributed by atoms with Crippen LogP contribution in [0.4, 0.5) is 0 Å². The summed E-state index contributed by atoms with van der Waals surface area (Å²) in [5.74, 6) is 0. The summed E-state index contributed by atoms with van der Waals surface area (Å²) in [5, 5.41) is 0. The Labute approximate surface area is 413 Å². The van der Waals surface area contributed by atoms with E-state index in [9.17, 15) is 0 Å². The van der Waals surface area contributed by atoms with Crippen LogP contribution >= 0.6 is 48.9 Å². The predicted octanol–water partition coefficient (Wildman–Crippen LogP) is 7.39. The molecule has 0 rings (SSSR count). The fraction of sp³-hybridized carbons (Fsp3) is 0.857. The third-order valence-electron chi connectivity index (χ3n) is 4.98. The van der Waals surface area contributed by atoms with Crippen molar-refractivity contribution >= 4 is 171 Å². The van der Waals surface area contributed by atoms with E-state index in [0.717, 1.165) is 104 Å². The molecule has 296 valence electrons. The van der Waals surface area contributed by atoms with E-state index >= 15 is 0 Å². The number of hydrogen-bond donors (Lipinski definition) is 0. The molecule has 0 aromatic heterocycles. The van der Waals surface area contributed by atoms with Crippen molar-refractivity contribution in [2.45, 2.75) is 107 Å². The molecule has 0 heterocycles. The number of nitrogens with zero attached hydrogens (tertiary/aromatic N) is 4. The molecule has 0 fully saturated rings. The number of rotatable bonds is 16. The Hall–Kier alpha value is 3.30. The Morgan fingerprint density at radius 1 is 0.340 bits per heavy atom. The van der Waals surface area contributed by atoms with Crippen molar-refractivity contribution in [3.63, 3.8) is 0 Å². The molecule has 0 aromatic rings. The molecule has 22 heteroatoms. The summed E-state index contributed by atoms with van der Waals surface area (Å²) < 4.78 is 27.2. The molecule has 0 radical (unpaired) electrons. The molecule has 0 unspecified atom stereocenters. The first-order valence-electron chi connectivity index (χ1n) is 15.2. The van der Waals surface area contributed by atoms with E-state index in [0.29, 0.717) is 76.6 Å². The molecule has 0 aliphatic rings. The smallest absolute Gasteiger partial charge is 2.00 e. The van der Waals surface area contributed by atoms with Gasteiger partial charge in [0.15, 0.2) is 0 Å². The van der Waals surface area contributed by atoms with Gasteiger partial charge in [-0.25, -0.2) is 0 Å². The van der Waals surface area contributed by atoms with Gasteiger partial charge in [-0.2, -0.15) is 0 Å². The minimum absolute atomic E-state index is 0. The standard InChI is InChI=1S/4C7H15NS2.3Mo.3O.4S/c4*1-3-5-8(6-4-2)7(9)10;;;;;;;;;;/h4*3-6H2,1-2H3,(H,9,10);;;;;;;;;;/q;;;;3*+4;;;;4*-2/p-4. The maximum atomic E-state index is 8.26. The largest absolute Gasteiger partial charge is 2.00 e. The molecule has 0 N–H and O–H groups in total. The minimum atomic E-state index is 0. The first kappa shape index (κ1) is 81.5. The molecule has 0 aliphatic heterocycles. The van der Waals surface area contributed by atoms with Crippen LogP contribution in [-0.2, 0) is 174 Å². The van der Waals surface area contributed by atoms with Gasteiger partial charge in [-0.15, -0.1) is 0 Å². The third-order valence-corrected chi connectivity index (χ3v) is 7.05. The van der Waals surface area contributed by atoms with Gasteiger partial charge in [0.2, 0.25) is 0 Å². The van der Waals surface area contributed by atoms with E-state index in [1.54, 1.807) is 0 Å². The first-order valence-corrected chi connectivity index (χ1v) is 20.9. The molecule has 0 saturated carbocycles. The summed E-state index contributed by atoms with van der Waals surface area (Å²) in [7, 11) is 0. The van der Waals surface area contributed by atoms with E-state index in [2.05, 4.69) is 75.0 Å². The van der Waals surface area contributed by atoms with Crippen LogP contribution in [0.15, 0.2) is 0 Å². The Kier molecular flexibility index (Phi) is 120. The summed E-state index contributed by atoms with van der Waals surface area (Å²) in [6, 6.07) is 0. The van der Waals surface area contributed by atoms with Crippen LogP contribution in [0.2, 0.25) is 0 Å². The predicted molar refractivity (Wildman–Crippen MR) is 240 cm³/mol.